The van der Waals surface area contributed by atoms with Crippen LogP contribution in [0.4, 0.5) is 0 Å². The van der Waals surface area contributed by atoms with Gasteiger partial charge in [-0.05, 0) is 98.6 Å². The minimum atomic E-state index is -0.268. The lowest BCUT2D eigenvalue weighted by molar-refractivity contribution is -0.151. The molecule has 0 fully saturated rings. The number of rotatable bonds is 14. The highest BCUT2D eigenvalue weighted by Crippen LogP contribution is 2.32. The quantitative estimate of drug-likeness (QED) is 0.129. The first-order valence-corrected chi connectivity index (χ1v) is 17.5. The molecule has 2 aliphatic rings. The predicted octanol–water partition coefficient (Wildman–Crippen LogP) is 9.66. The number of allylic oxidation sites excluding steroid dienone is 2. The lowest BCUT2D eigenvalue weighted by Crippen LogP contribution is -2.25. The molecular weight excluding hydrogens is 592 g/mol. The molecule has 48 heavy (non-hydrogen) atoms. The molecule has 6 rings (SSSR count). The van der Waals surface area contributed by atoms with Gasteiger partial charge in [-0.25, -0.2) is 0 Å². The molecule has 4 aromatic rings. The molecule has 0 radical (unpaired) electrons. The molecule has 2 atom stereocenters. The van der Waals surface area contributed by atoms with Crippen LogP contribution in [0, 0.1) is 11.8 Å². The number of hydrogen-bond acceptors (Lipinski definition) is 4. The molecule has 0 amide bonds. The standard InChI is InChI=1S/C24H30O4.C20H18/c1-3-27-23(25)21(17-19-11-7-5-8-12-19)15-16-22(24(26)28-4-2)18-20-13-9-6-10-14-20;1-2-6-18-12-15(11-17(18)5-1)9-10-16-13-19-7-3-4-8-20(19)14-16/h5-14,21-22H,3-4,15-18H2,1-2H3;1-8,11,13H,9-10,12,14H2. The van der Waals surface area contributed by atoms with E-state index in [-0.39, 0.29) is 23.8 Å². The van der Waals surface area contributed by atoms with Crippen molar-refractivity contribution in [1.82, 2.24) is 0 Å². The number of hydrogen-bond donors (Lipinski definition) is 0. The molecule has 0 saturated carbocycles. The highest BCUT2D eigenvalue weighted by Gasteiger charge is 2.26. The van der Waals surface area contributed by atoms with Gasteiger partial charge in [-0.1, -0.05) is 132 Å². The third kappa shape index (κ3) is 10.1. The maximum Gasteiger partial charge on any atom is 0.309 e. The van der Waals surface area contributed by atoms with Gasteiger partial charge in [0, 0.05) is 0 Å². The van der Waals surface area contributed by atoms with Crippen molar-refractivity contribution in [3.8, 4) is 0 Å². The second kappa shape index (κ2) is 18.0. The molecule has 0 saturated heterocycles. The van der Waals surface area contributed by atoms with Crippen molar-refractivity contribution in [3.63, 3.8) is 0 Å². The molecule has 0 aromatic heterocycles. The Morgan fingerprint density at radius 2 is 0.917 bits per heavy atom. The summed E-state index contributed by atoms with van der Waals surface area (Å²) in [5.41, 5.74) is 11.2. The summed E-state index contributed by atoms with van der Waals surface area (Å²) in [5, 5.41) is 0. The average Bonchev–Trinajstić information content (AvgIpc) is 3.73. The van der Waals surface area contributed by atoms with Crippen molar-refractivity contribution in [2.75, 3.05) is 13.2 Å². The van der Waals surface area contributed by atoms with Gasteiger partial charge in [-0.15, -0.1) is 0 Å². The Balaban J connectivity index is 0.000000197. The molecule has 4 nitrogen and oxygen atoms in total. The molecular formula is C44H48O4. The first-order valence-electron chi connectivity index (χ1n) is 17.5. The second-order valence-electron chi connectivity index (χ2n) is 12.7. The maximum atomic E-state index is 12.5. The zero-order valence-corrected chi connectivity index (χ0v) is 28.4. The van der Waals surface area contributed by atoms with Crippen LogP contribution in [-0.2, 0) is 44.7 Å². The van der Waals surface area contributed by atoms with Crippen LogP contribution in [-0.4, -0.2) is 25.2 Å². The van der Waals surface area contributed by atoms with E-state index < -0.39 is 0 Å². The highest BCUT2D eigenvalue weighted by atomic mass is 16.5. The number of esters is 2. The molecule has 2 unspecified atom stereocenters. The summed E-state index contributed by atoms with van der Waals surface area (Å²) in [6.07, 6.45) is 11.9. The molecule has 0 spiro atoms. The van der Waals surface area contributed by atoms with Crippen LogP contribution in [0.5, 0.6) is 0 Å². The maximum absolute atomic E-state index is 12.5. The predicted molar refractivity (Wildman–Crippen MR) is 195 cm³/mol. The Labute approximate surface area is 286 Å². The van der Waals surface area contributed by atoms with E-state index in [1.165, 1.54) is 35.1 Å². The van der Waals surface area contributed by atoms with Crippen LogP contribution in [0.1, 0.15) is 72.9 Å². The third-order valence-electron chi connectivity index (χ3n) is 9.18. The Kier molecular flexibility index (Phi) is 13.0. The first kappa shape index (κ1) is 34.6. The van der Waals surface area contributed by atoms with Gasteiger partial charge in [0.15, 0.2) is 0 Å². The van der Waals surface area contributed by atoms with E-state index in [4.69, 9.17) is 9.47 Å². The van der Waals surface area contributed by atoms with Crippen molar-refractivity contribution in [1.29, 1.82) is 0 Å². The largest absolute Gasteiger partial charge is 0.466 e. The van der Waals surface area contributed by atoms with E-state index in [2.05, 4.69) is 60.7 Å². The highest BCUT2D eigenvalue weighted by molar-refractivity contribution is 5.74. The van der Waals surface area contributed by atoms with Crippen molar-refractivity contribution < 1.29 is 19.1 Å². The van der Waals surface area contributed by atoms with Crippen LogP contribution in [0.25, 0.3) is 12.2 Å². The van der Waals surface area contributed by atoms with Crippen LogP contribution in [0.3, 0.4) is 0 Å². The minimum Gasteiger partial charge on any atom is -0.466 e. The van der Waals surface area contributed by atoms with Gasteiger partial charge in [0.25, 0.3) is 0 Å². The van der Waals surface area contributed by atoms with Crippen LogP contribution < -0.4 is 0 Å². The molecule has 4 heteroatoms. The van der Waals surface area contributed by atoms with Crippen LogP contribution in [0.15, 0.2) is 120 Å². The fraction of sp³-hybridized carbons (Fsp3) is 0.318. The Bertz CT molecular complexity index is 1560. The van der Waals surface area contributed by atoms with Gasteiger partial charge in [0.05, 0.1) is 25.0 Å². The smallest absolute Gasteiger partial charge is 0.309 e. The molecule has 0 bridgehead atoms. The molecule has 2 aliphatic carbocycles. The van der Waals surface area contributed by atoms with Crippen LogP contribution >= 0.6 is 0 Å². The van der Waals surface area contributed by atoms with Gasteiger partial charge in [-0.3, -0.25) is 9.59 Å². The van der Waals surface area contributed by atoms with E-state index in [0.29, 0.717) is 38.9 Å². The fourth-order valence-electron chi connectivity index (χ4n) is 6.67. The van der Waals surface area contributed by atoms with Crippen molar-refractivity contribution >= 4 is 24.1 Å². The van der Waals surface area contributed by atoms with E-state index in [9.17, 15) is 9.59 Å². The Morgan fingerprint density at radius 3 is 1.29 bits per heavy atom. The minimum absolute atomic E-state index is 0.200. The van der Waals surface area contributed by atoms with E-state index >= 15 is 0 Å². The van der Waals surface area contributed by atoms with E-state index in [0.717, 1.165) is 24.0 Å². The summed E-state index contributed by atoms with van der Waals surface area (Å²) < 4.78 is 10.6. The summed E-state index contributed by atoms with van der Waals surface area (Å²) in [6, 6.07) is 37.4. The average molecular weight is 641 g/mol. The summed E-state index contributed by atoms with van der Waals surface area (Å²) >= 11 is 0. The van der Waals surface area contributed by atoms with Gasteiger partial charge in [0.1, 0.15) is 0 Å². The zero-order chi connectivity index (χ0) is 33.6. The second-order valence-corrected chi connectivity index (χ2v) is 12.7. The van der Waals surface area contributed by atoms with Crippen molar-refractivity contribution in [2.24, 2.45) is 11.8 Å². The molecule has 0 aliphatic heterocycles. The van der Waals surface area contributed by atoms with Crippen molar-refractivity contribution in [3.05, 3.63) is 154 Å². The lowest BCUT2D eigenvalue weighted by Gasteiger charge is -2.20. The SMILES string of the molecule is C1=C(CCC2=Cc3ccccc3C2)Cc2ccccc21.CCOC(=O)C(CCC(Cc1ccccc1)C(=O)OCC)Cc1ccccc1. The van der Waals surface area contributed by atoms with Gasteiger partial charge >= 0.3 is 11.9 Å². The monoisotopic (exact) mass is 640 g/mol. The summed E-state index contributed by atoms with van der Waals surface area (Å²) in [5.74, 6) is -0.938. The number of carbonyl (C=O) groups is 2. The summed E-state index contributed by atoms with van der Waals surface area (Å²) in [6.45, 7) is 4.34. The summed E-state index contributed by atoms with van der Waals surface area (Å²) in [4.78, 5) is 25.0. The molecule has 0 N–H and O–H groups in total. The lowest BCUT2D eigenvalue weighted by atomic mass is 9.88. The number of ether oxygens (including phenoxy) is 2. The molecule has 248 valence electrons. The summed E-state index contributed by atoms with van der Waals surface area (Å²) in [7, 11) is 0. The molecule has 4 aromatic carbocycles. The Hall–Kier alpha value is -4.70. The van der Waals surface area contributed by atoms with Gasteiger partial charge < -0.3 is 9.47 Å². The topological polar surface area (TPSA) is 52.6 Å². The normalized spacial score (nSPS) is 14.0. The van der Waals surface area contributed by atoms with Gasteiger partial charge in [-0.2, -0.15) is 0 Å². The van der Waals surface area contributed by atoms with Crippen molar-refractivity contribution in [2.45, 2.75) is 65.2 Å². The van der Waals surface area contributed by atoms with Gasteiger partial charge in [0.2, 0.25) is 0 Å². The number of benzene rings is 4. The zero-order valence-electron chi connectivity index (χ0n) is 28.4. The first-order chi connectivity index (χ1) is 23.5. The Morgan fingerprint density at radius 1 is 0.542 bits per heavy atom. The third-order valence-corrected chi connectivity index (χ3v) is 9.18. The number of carbonyl (C=O) groups excluding carboxylic acids is 2. The molecule has 0 heterocycles. The van der Waals surface area contributed by atoms with E-state index in [1.807, 2.05) is 74.5 Å². The fourth-order valence-corrected chi connectivity index (χ4v) is 6.67. The number of fused-ring (bicyclic) bond motifs is 2. The van der Waals surface area contributed by atoms with Crippen LogP contribution in [0.2, 0.25) is 0 Å². The van der Waals surface area contributed by atoms with E-state index in [1.54, 1.807) is 11.1 Å².